The van der Waals surface area contributed by atoms with Crippen LogP contribution >= 0.6 is 0 Å². The first-order valence-corrected chi connectivity index (χ1v) is 9.49. The molecule has 0 radical (unpaired) electrons. The highest BCUT2D eigenvalue weighted by Gasteiger charge is 2.10. The van der Waals surface area contributed by atoms with E-state index in [-0.39, 0.29) is 0 Å². The van der Waals surface area contributed by atoms with Gasteiger partial charge in [0.25, 0.3) is 5.78 Å². The van der Waals surface area contributed by atoms with Crippen molar-refractivity contribution in [1.82, 2.24) is 19.6 Å². The molecule has 2 aromatic carbocycles. The molecule has 2 aromatic heterocycles. The van der Waals surface area contributed by atoms with E-state index in [1.807, 2.05) is 48.5 Å². The first-order valence-electron chi connectivity index (χ1n) is 9.49. The van der Waals surface area contributed by atoms with E-state index in [1.54, 1.807) is 4.52 Å². The maximum atomic E-state index is 5.73. The van der Waals surface area contributed by atoms with E-state index >= 15 is 0 Å². The fourth-order valence-corrected chi connectivity index (χ4v) is 3.08. The summed E-state index contributed by atoms with van der Waals surface area (Å²) in [5.74, 6) is 1.43. The van der Waals surface area contributed by atoms with Gasteiger partial charge < -0.3 is 10.1 Å². The van der Waals surface area contributed by atoms with E-state index < -0.39 is 0 Å². The second kappa shape index (κ2) is 8.63. The Kier molecular flexibility index (Phi) is 5.58. The summed E-state index contributed by atoms with van der Waals surface area (Å²) in [6.07, 6.45) is 2.54. The molecule has 0 saturated heterocycles. The average molecular weight is 373 g/mol. The summed E-state index contributed by atoms with van der Waals surface area (Å²) in [5.41, 5.74) is 4.30. The Labute approximate surface area is 164 Å². The third kappa shape index (κ3) is 4.02. The molecule has 0 saturated carbocycles. The molecule has 0 amide bonds. The van der Waals surface area contributed by atoms with Gasteiger partial charge >= 0.3 is 0 Å². The van der Waals surface area contributed by atoms with Crippen LogP contribution in [0.4, 0.5) is 5.82 Å². The molecule has 0 spiro atoms. The molecular weight excluding hydrogens is 350 g/mol. The highest BCUT2D eigenvalue weighted by molar-refractivity contribution is 5.65. The fraction of sp³-hybridized carbons (Fsp3) is 0.227. The summed E-state index contributed by atoms with van der Waals surface area (Å²) in [5, 5.41) is 7.80. The fourth-order valence-electron chi connectivity index (χ4n) is 3.08. The van der Waals surface area contributed by atoms with Crippen molar-refractivity contribution in [2.45, 2.75) is 26.5 Å². The minimum atomic E-state index is 0.573. The molecule has 0 fully saturated rings. The summed E-state index contributed by atoms with van der Waals surface area (Å²) < 4.78 is 7.46. The van der Waals surface area contributed by atoms with E-state index in [9.17, 15) is 0 Å². The molecule has 0 unspecified atom stereocenters. The summed E-state index contributed by atoms with van der Waals surface area (Å²) >= 11 is 0. The van der Waals surface area contributed by atoms with E-state index in [0.717, 1.165) is 30.1 Å². The van der Waals surface area contributed by atoms with Gasteiger partial charge in [0.2, 0.25) is 0 Å². The smallest absolute Gasteiger partial charge is 0.254 e. The maximum Gasteiger partial charge on any atom is 0.254 e. The molecule has 2 heterocycles. The normalized spacial score (nSPS) is 11.0. The van der Waals surface area contributed by atoms with Crippen molar-refractivity contribution in [1.29, 1.82) is 0 Å². The second-order valence-electron chi connectivity index (χ2n) is 6.54. The first-order chi connectivity index (χ1) is 13.8. The van der Waals surface area contributed by atoms with Crippen LogP contribution in [0.5, 0.6) is 0 Å². The Morgan fingerprint density at radius 1 is 1.00 bits per heavy atom. The summed E-state index contributed by atoms with van der Waals surface area (Å²) in [7, 11) is 0. The number of benzene rings is 2. The Morgan fingerprint density at radius 3 is 2.61 bits per heavy atom. The Balaban J connectivity index is 1.60. The van der Waals surface area contributed by atoms with Crippen molar-refractivity contribution in [3.63, 3.8) is 0 Å². The summed E-state index contributed by atoms with van der Waals surface area (Å²) in [6.45, 7) is 4.17. The van der Waals surface area contributed by atoms with Gasteiger partial charge in [0.1, 0.15) is 12.1 Å². The lowest BCUT2D eigenvalue weighted by atomic mass is 10.1. The van der Waals surface area contributed by atoms with E-state index in [0.29, 0.717) is 18.9 Å². The molecule has 0 aliphatic rings. The predicted molar refractivity (Wildman–Crippen MR) is 110 cm³/mol. The minimum Gasteiger partial charge on any atom is -0.377 e. The lowest BCUT2D eigenvalue weighted by Gasteiger charge is -2.13. The predicted octanol–water partition coefficient (Wildman–Crippen LogP) is 4.33. The summed E-state index contributed by atoms with van der Waals surface area (Å²) in [6, 6.07) is 20.4. The number of rotatable bonds is 8. The van der Waals surface area contributed by atoms with Gasteiger partial charge in [0.05, 0.1) is 12.3 Å². The Bertz CT molecular complexity index is 1050. The lowest BCUT2D eigenvalue weighted by molar-refractivity contribution is 0.121. The highest BCUT2D eigenvalue weighted by Crippen LogP contribution is 2.22. The van der Waals surface area contributed by atoms with Crippen molar-refractivity contribution < 1.29 is 4.74 Å². The van der Waals surface area contributed by atoms with Gasteiger partial charge in [-0.25, -0.2) is 4.98 Å². The van der Waals surface area contributed by atoms with Crippen LogP contribution in [0.25, 0.3) is 17.0 Å². The van der Waals surface area contributed by atoms with E-state index in [2.05, 4.69) is 39.4 Å². The zero-order chi connectivity index (χ0) is 19.2. The summed E-state index contributed by atoms with van der Waals surface area (Å²) in [4.78, 5) is 8.89. The van der Waals surface area contributed by atoms with Gasteiger partial charge in [-0.2, -0.15) is 14.6 Å². The SMILES string of the molecule is CCCOCc1ccccc1CNc1cc(-c2ccccc2)nc2ncnn12. The molecule has 0 atom stereocenters. The molecular formula is C22H23N5O. The molecule has 6 heteroatoms. The topological polar surface area (TPSA) is 64.3 Å². The Hall–Kier alpha value is -3.25. The highest BCUT2D eigenvalue weighted by atomic mass is 16.5. The van der Waals surface area contributed by atoms with Crippen LogP contribution in [-0.2, 0) is 17.9 Å². The minimum absolute atomic E-state index is 0.573. The van der Waals surface area contributed by atoms with Gasteiger partial charge in [0, 0.05) is 24.8 Å². The monoisotopic (exact) mass is 373 g/mol. The number of ether oxygens (including phenoxy) is 1. The van der Waals surface area contributed by atoms with Crippen molar-refractivity contribution >= 4 is 11.6 Å². The molecule has 6 nitrogen and oxygen atoms in total. The van der Waals surface area contributed by atoms with Crippen molar-refractivity contribution in [3.05, 3.63) is 78.1 Å². The van der Waals surface area contributed by atoms with Crippen molar-refractivity contribution in [3.8, 4) is 11.3 Å². The van der Waals surface area contributed by atoms with Crippen LogP contribution in [0.1, 0.15) is 24.5 Å². The number of anilines is 1. The third-order valence-corrected chi connectivity index (χ3v) is 4.51. The zero-order valence-corrected chi connectivity index (χ0v) is 15.9. The van der Waals surface area contributed by atoms with Crippen LogP contribution in [0.3, 0.4) is 0 Å². The van der Waals surface area contributed by atoms with Gasteiger partial charge in [-0.15, -0.1) is 0 Å². The molecule has 142 valence electrons. The van der Waals surface area contributed by atoms with Gasteiger partial charge in [-0.1, -0.05) is 61.5 Å². The molecule has 0 aliphatic carbocycles. The van der Waals surface area contributed by atoms with E-state index in [1.165, 1.54) is 17.5 Å². The molecule has 4 rings (SSSR count). The quantitative estimate of drug-likeness (QED) is 0.466. The van der Waals surface area contributed by atoms with Gasteiger partial charge in [-0.05, 0) is 17.5 Å². The largest absolute Gasteiger partial charge is 0.377 e. The van der Waals surface area contributed by atoms with Crippen molar-refractivity contribution in [2.75, 3.05) is 11.9 Å². The maximum absolute atomic E-state index is 5.73. The Morgan fingerprint density at radius 2 is 1.79 bits per heavy atom. The van der Waals surface area contributed by atoms with Crippen LogP contribution in [0.2, 0.25) is 0 Å². The van der Waals surface area contributed by atoms with Crippen LogP contribution in [-0.4, -0.2) is 26.2 Å². The zero-order valence-electron chi connectivity index (χ0n) is 15.9. The number of hydrogen-bond donors (Lipinski definition) is 1. The number of nitrogens with one attached hydrogen (secondary N) is 1. The first kappa shape index (κ1) is 18.1. The molecule has 0 aliphatic heterocycles. The molecule has 28 heavy (non-hydrogen) atoms. The van der Waals surface area contributed by atoms with Crippen LogP contribution in [0.15, 0.2) is 67.0 Å². The molecule has 0 bridgehead atoms. The number of aromatic nitrogens is 4. The van der Waals surface area contributed by atoms with Crippen molar-refractivity contribution in [2.24, 2.45) is 0 Å². The third-order valence-electron chi connectivity index (χ3n) is 4.51. The van der Waals surface area contributed by atoms with E-state index in [4.69, 9.17) is 4.74 Å². The lowest BCUT2D eigenvalue weighted by Crippen LogP contribution is -2.09. The number of hydrogen-bond acceptors (Lipinski definition) is 5. The van der Waals surface area contributed by atoms with Gasteiger partial charge in [0.15, 0.2) is 0 Å². The molecule has 1 N–H and O–H groups in total. The number of nitrogens with zero attached hydrogens (tertiary/aromatic N) is 4. The standard InChI is InChI=1S/C22H23N5O/c1-2-12-28-15-19-11-7-6-10-18(19)14-23-21-13-20(17-8-4-3-5-9-17)26-22-24-16-25-27(21)22/h3-11,13,16,23H,2,12,14-15H2,1H3. The van der Waals surface area contributed by atoms with Crippen LogP contribution < -0.4 is 5.32 Å². The average Bonchev–Trinajstić information content (AvgIpc) is 3.22. The molecule has 4 aromatic rings. The van der Waals surface area contributed by atoms with Crippen LogP contribution in [0, 0.1) is 0 Å². The number of fused-ring (bicyclic) bond motifs is 1. The van der Waals surface area contributed by atoms with Gasteiger partial charge in [-0.3, -0.25) is 0 Å². The second-order valence-corrected chi connectivity index (χ2v) is 6.54.